The van der Waals surface area contributed by atoms with Crippen LogP contribution >= 0.6 is 0 Å². The molecule has 2 aromatic carbocycles. The van der Waals surface area contributed by atoms with E-state index in [9.17, 15) is 9.59 Å². The Kier molecular flexibility index (Phi) is 8.92. The summed E-state index contributed by atoms with van der Waals surface area (Å²) in [5.41, 5.74) is 4.08. The Hall–Kier alpha value is -3.99. The van der Waals surface area contributed by atoms with Crippen LogP contribution in [0.1, 0.15) is 31.2 Å². The van der Waals surface area contributed by atoms with Gasteiger partial charge in [0.1, 0.15) is 11.6 Å². The number of carbonyl (C=O) groups is 2. The standard InChI is InChI=1S/C29H27FO4/c1-3-28(31)33-19-7-9-21-8-5-6-10-22(12-11-21)24-15-18-26(27(30)20-24)23-13-16-25(17-14-23)34-29(32)4-2/h3-4,8,10-18,20H,1-2,5-7,9,19H2/b12-11-,21-8-,22-10-. The molecule has 174 valence electrons. The SMILES string of the molecule is C=CC(=O)OCCCC1=C/CC/C=C(c2ccc(-c3ccc(OC(=O)C=C)cc3)c(F)c2)/C=C\1. The van der Waals surface area contributed by atoms with Crippen LogP contribution in [0, 0.1) is 5.82 Å². The van der Waals surface area contributed by atoms with Gasteiger partial charge < -0.3 is 9.47 Å². The van der Waals surface area contributed by atoms with Crippen LogP contribution in [0.2, 0.25) is 0 Å². The van der Waals surface area contributed by atoms with Crippen LogP contribution < -0.4 is 4.74 Å². The maximum atomic E-state index is 15.0. The first-order valence-corrected chi connectivity index (χ1v) is 11.1. The van der Waals surface area contributed by atoms with Gasteiger partial charge in [-0.25, -0.2) is 14.0 Å². The first-order chi connectivity index (χ1) is 16.5. The van der Waals surface area contributed by atoms with Gasteiger partial charge in [0.05, 0.1) is 6.61 Å². The summed E-state index contributed by atoms with van der Waals surface area (Å²) in [6.45, 7) is 7.10. The molecular weight excluding hydrogens is 431 g/mol. The minimum Gasteiger partial charge on any atom is -0.463 e. The second-order valence-corrected chi connectivity index (χ2v) is 7.67. The first kappa shape index (κ1) is 24.6. The third-order valence-electron chi connectivity index (χ3n) is 5.29. The van der Waals surface area contributed by atoms with Crippen molar-refractivity contribution >= 4 is 17.5 Å². The molecule has 0 bridgehead atoms. The summed E-state index contributed by atoms with van der Waals surface area (Å²) in [5.74, 6) is -0.911. The zero-order valence-corrected chi connectivity index (χ0v) is 19.0. The molecule has 4 nitrogen and oxygen atoms in total. The van der Waals surface area contributed by atoms with Crippen molar-refractivity contribution in [2.45, 2.75) is 25.7 Å². The van der Waals surface area contributed by atoms with Crippen molar-refractivity contribution in [2.75, 3.05) is 6.61 Å². The fourth-order valence-electron chi connectivity index (χ4n) is 3.54. The molecule has 0 heterocycles. The number of ether oxygens (including phenoxy) is 2. The number of rotatable bonds is 9. The van der Waals surface area contributed by atoms with Crippen LogP contribution in [0.3, 0.4) is 0 Å². The summed E-state index contributed by atoms with van der Waals surface area (Å²) < 4.78 is 25.1. The van der Waals surface area contributed by atoms with Gasteiger partial charge in [-0.15, -0.1) is 0 Å². The maximum Gasteiger partial charge on any atom is 0.335 e. The Bertz CT molecular complexity index is 1150. The van der Waals surface area contributed by atoms with E-state index in [-0.39, 0.29) is 5.82 Å². The predicted molar refractivity (Wildman–Crippen MR) is 132 cm³/mol. The number of allylic oxidation sites excluding steroid dienone is 6. The van der Waals surface area contributed by atoms with Gasteiger partial charge in [0.15, 0.2) is 0 Å². The predicted octanol–water partition coefficient (Wildman–Crippen LogP) is 6.75. The molecule has 0 N–H and O–H groups in total. The zero-order valence-electron chi connectivity index (χ0n) is 19.0. The largest absolute Gasteiger partial charge is 0.463 e. The lowest BCUT2D eigenvalue weighted by Gasteiger charge is -2.11. The number of hydrogen-bond donors (Lipinski definition) is 0. The lowest BCUT2D eigenvalue weighted by molar-refractivity contribution is -0.137. The number of carbonyl (C=O) groups excluding carboxylic acids is 2. The van der Waals surface area contributed by atoms with E-state index in [4.69, 9.17) is 9.47 Å². The maximum absolute atomic E-state index is 15.0. The monoisotopic (exact) mass is 458 g/mol. The third-order valence-corrected chi connectivity index (χ3v) is 5.29. The molecule has 0 saturated carbocycles. The number of halogens is 1. The Morgan fingerprint density at radius 1 is 0.912 bits per heavy atom. The highest BCUT2D eigenvalue weighted by Crippen LogP contribution is 2.29. The molecule has 0 spiro atoms. The van der Waals surface area contributed by atoms with Crippen LogP contribution in [-0.2, 0) is 14.3 Å². The average molecular weight is 459 g/mol. The lowest BCUT2D eigenvalue weighted by Crippen LogP contribution is -2.02. The highest BCUT2D eigenvalue weighted by atomic mass is 19.1. The Morgan fingerprint density at radius 3 is 2.32 bits per heavy atom. The van der Waals surface area contributed by atoms with E-state index in [1.165, 1.54) is 6.07 Å². The van der Waals surface area contributed by atoms with E-state index < -0.39 is 11.9 Å². The summed E-state index contributed by atoms with van der Waals surface area (Å²) in [4.78, 5) is 22.5. The van der Waals surface area contributed by atoms with Crippen molar-refractivity contribution in [1.82, 2.24) is 0 Å². The number of esters is 2. The van der Waals surface area contributed by atoms with Gasteiger partial charge in [0, 0.05) is 17.7 Å². The van der Waals surface area contributed by atoms with Gasteiger partial charge >= 0.3 is 11.9 Å². The summed E-state index contributed by atoms with van der Waals surface area (Å²) in [6.07, 6.45) is 13.8. The molecule has 34 heavy (non-hydrogen) atoms. The van der Waals surface area contributed by atoms with E-state index >= 15 is 4.39 Å². The molecule has 0 amide bonds. The topological polar surface area (TPSA) is 52.6 Å². The van der Waals surface area contributed by atoms with Gasteiger partial charge in [0.2, 0.25) is 0 Å². The van der Waals surface area contributed by atoms with E-state index in [0.29, 0.717) is 23.5 Å². The Labute approximate surface area is 199 Å². The molecule has 2 aromatic rings. The van der Waals surface area contributed by atoms with Gasteiger partial charge in [-0.1, -0.05) is 67.3 Å². The number of benzene rings is 2. The second kappa shape index (κ2) is 12.3. The van der Waals surface area contributed by atoms with E-state index in [2.05, 4.69) is 25.3 Å². The average Bonchev–Trinajstić information content (AvgIpc) is 2.83. The van der Waals surface area contributed by atoms with Crippen LogP contribution in [0.5, 0.6) is 5.75 Å². The highest BCUT2D eigenvalue weighted by Gasteiger charge is 2.10. The second-order valence-electron chi connectivity index (χ2n) is 7.67. The van der Waals surface area contributed by atoms with Crippen molar-refractivity contribution in [3.8, 4) is 16.9 Å². The van der Waals surface area contributed by atoms with Crippen molar-refractivity contribution in [1.29, 1.82) is 0 Å². The molecular formula is C29H27FO4. The minimum atomic E-state index is -0.544. The van der Waals surface area contributed by atoms with Crippen LogP contribution in [0.15, 0.2) is 97.7 Å². The lowest BCUT2D eigenvalue weighted by atomic mass is 9.96. The molecule has 0 saturated heterocycles. The van der Waals surface area contributed by atoms with E-state index in [1.807, 2.05) is 18.2 Å². The smallest absolute Gasteiger partial charge is 0.335 e. The molecule has 0 fully saturated rings. The Balaban J connectivity index is 1.68. The van der Waals surface area contributed by atoms with E-state index in [0.717, 1.165) is 54.5 Å². The van der Waals surface area contributed by atoms with Gasteiger partial charge in [0.25, 0.3) is 0 Å². The van der Waals surface area contributed by atoms with Crippen molar-refractivity contribution in [2.24, 2.45) is 0 Å². The van der Waals surface area contributed by atoms with Crippen LogP contribution in [0.4, 0.5) is 4.39 Å². The molecule has 1 aliphatic carbocycles. The first-order valence-electron chi connectivity index (χ1n) is 11.1. The fraction of sp³-hybridized carbons (Fsp3) is 0.172. The van der Waals surface area contributed by atoms with Crippen LogP contribution in [0.25, 0.3) is 16.7 Å². The third kappa shape index (κ3) is 7.01. The molecule has 0 unspecified atom stereocenters. The Morgan fingerprint density at radius 2 is 1.62 bits per heavy atom. The number of hydrogen-bond acceptors (Lipinski definition) is 4. The molecule has 5 heteroatoms. The van der Waals surface area contributed by atoms with Crippen molar-refractivity contribution in [3.63, 3.8) is 0 Å². The minimum absolute atomic E-state index is 0.329. The molecule has 0 atom stereocenters. The van der Waals surface area contributed by atoms with Crippen molar-refractivity contribution in [3.05, 3.63) is 109 Å². The molecule has 0 aromatic heterocycles. The summed E-state index contributed by atoms with van der Waals surface area (Å²) in [7, 11) is 0. The van der Waals surface area contributed by atoms with Gasteiger partial charge in [-0.3, -0.25) is 0 Å². The summed E-state index contributed by atoms with van der Waals surface area (Å²) in [6, 6.07) is 11.9. The van der Waals surface area contributed by atoms with E-state index in [1.54, 1.807) is 30.3 Å². The molecule has 1 aliphatic rings. The van der Waals surface area contributed by atoms with Gasteiger partial charge in [-0.05, 0) is 60.6 Å². The summed E-state index contributed by atoms with van der Waals surface area (Å²) in [5, 5.41) is 0. The quantitative estimate of drug-likeness (QED) is 0.180. The summed E-state index contributed by atoms with van der Waals surface area (Å²) >= 11 is 0. The van der Waals surface area contributed by atoms with Crippen LogP contribution in [-0.4, -0.2) is 18.5 Å². The van der Waals surface area contributed by atoms with Crippen molar-refractivity contribution < 1.29 is 23.5 Å². The zero-order chi connectivity index (χ0) is 24.3. The molecule has 3 rings (SSSR count). The normalized spacial score (nSPS) is 17.1. The van der Waals surface area contributed by atoms with Gasteiger partial charge in [-0.2, -0.15) is 0 Å². The fourth-order valence-corrected chi connectivity index (χ4v) is 3.54. The highest BCUT2D eigenvalue weighted by molar-refractivity contribution is 5.83. The molecule has 0 aliphatic heterocycles. The molecule has 0 radical (unpaired) electrons.